The van der Waals surface area contributed by atoms with E-state index in [-0.39, 0.29) is 17.4 Å². The van der Waals surface area contributed by atoms with Gasteiger partial charge >= 0.3 is 0 Å². The molecule has 1 N–H and O–H groups in total. The molecular weight excluding hydrogens is 432 g/mol. The molecule has 0 fully saturated rings. The number of hydrogen-bond acceptors (Lipinski definition) is 6. The van der Waals surface area contributed by atoms with Crippen molar-refractivity contribution in [3.05, 3.63) is 105 Å². The first kappa shape index (κ1) is 21.5. The van der Waals surface area contributed by atoms with Gasteiger partial charge in [0.15, 0.2) is 11.5 Å². The Kier molecular flexibility index (Phi) is 5.93. The van der Waals surface area contributed by atoms with Crippen LogP contribution in [0.25, 0.3) is 6.08 Å². The van der Waals surface area contributed by atoms with Crippen LogP contribution in [0.4, 0.5) is 0 Å². The van der Waals surface area contributed by atoms with E-state index >= 15 is 0 Å². The van der Waals surface area contributed by atoms with Crippen molar-refractivity contribution >= 4 is 16.1 Å². The lowest BCUT2D eigenvalue weighted by molar-refractivity contribution is -0.429. The molecule has 8 nitrogen and oxygen atoms in total. The molecule has 0 radical (unpaired) electrons. The summed E-state index contributed by atoms with van der Waals surface area (Å²) in [5, 5.41) is 12.1. The van der Waals surface area contributed by atoms with Gasteiger partial charge in [-0.25, -0.2) is 8.42 Å². The highest BCUT2D eigenvalue weighted by Crippen LogP contribution is 2.34. The summed E-state index contributed by atoms with van der Waals surface area (Å²) in [5.41, 5.74) is 1.49. The maximum absolute atomic E-state index is 13.1. The van der Waals surface area contributed by atoms with E-state index in [0.717, 1.165) is 5.56 Å². The molecule has 0 spiro atoms. The lowest BCUT2D eigenvalue weighted by atomic mass is 10.0. The molecule has 0 saturated carbocycles. The first-order valence-corrected chi connectivity index (χ1v) is 11.2. The van der Waals surface area contributed by atoms with Gasteiger partial charge in [0.05, 0.1) is 9.82 Å². The Hall–Kier alpha value is -3.69. The van der Waals surface area contributed by atoms with Crippen molar-refractivity contribution < 1.29 is 22.8 Å². The molecule has 0 aliphatic carbocycles. The second-order valence-electron chi connectivity index (χ2n) is 7.22. The van der Waals surface area contributed by atoms with Crippen LogP contribution in [0.5, 0.6) is 11.5 Å². The molecule has 1 atom stereocenters. The van der Waals surface area contributed by atoms with Crippen LogP contribution in [-0.2, 0) is 10.0 Å². The molecule has 0 saturated heterocycles. The van der Waals surface area contributed by atoms with Gasteiger partial charge in [-0.3, -0.25) is 10.1 Å². The average molecular weight is 452 g/mol. The predicted octanol–water partition coefficient (Wildman–Crippen LogP) is 4.06. The number of nitrogens with one attached hydrogen (secondary N) is 1. The van der Waals surface area contributed by atoms with Crippen molar-refractivity contribution in [3.63, 3.8) is 0 Å². The Morgan fingerprint density at radius 3 is 2.41 bits per heavy atom. The molecule has 1 aliphatic heterocycles. The number of nitro groups is 1. The highest BCUT2D eigenvalue weighted by atomic mass is 32.2. The van der Waals surface area contributed by atoms with Crippen molar-refractivity contribution in [2.75, 3.05) is 6.79 Å². The van der Waals surface area contributed by atoms with Gasteiger partial charge in [0.1, 0.15) is 6.04 Å². The molecule has 0 bridgehead atoms. The van der Waals surface area contributed by atoms with Gasteiger partial charge in [0.2, 0.25) is 16.8 Å². The summed E-state index contributed by atoms with van der Waals surface area (Å²) >= 11 is 0. The molecule has 32 heavy (non-hydrogen) atoms. The van der Waals surface area contributed by atoms with E-state index in [4.69, 9.17) is 9.47 Å². The van der Waals surface area contributed by atoms with E-state index < -0.39 is 21.0 Å². The Bertz CT molecular complexity index is 1270. The minimum Gasteiger partial charge on any atom is -0.454 e. The van der Waals surface area contributed by atoms with Gasteiger partial charge in [-0.1, -0.05) is 54.1 Å². The van der Waals surface area contributed by atoms with E-state index in [1.54, 1.807) is 60.7 Å². The van der Waals surface area contributed by atoms with Crippen LogP contribution in [0.3, 0.4) is 0 Å². The SMILES string of the molecule is Cc1ccc(S(=O)(=O)NC(/C(=C/c2ccc3c(c2)OCO3)[N+](=O)[O-])c2ccccc2)cc1. The predicted molar refractivity (Wildman–Crippen MR) is 118 cm³/mol. The van der Waals surface area contributed by atoms with Gasteiger partial charge in [-0.15, -0.1) is 0 Å². The fourth-order valence-corrected chi connectivity index (χ4v) is 4.50. The van der Waals surface area contributed by atoms with Gasteiger partial charge < -0.3 is 9.47 Å². The van der Waals surface area contributed by atoms with Gasteiger partial charge in [0.25, 0.3) is 5.70 Å². The molecule has 164 valence electrons. The summed E-state index contributed by atoms with van der Waals surface area (Å²) in [6.45, 7) is 1.92. The van der Waals surface area contributed by atoms with Crippen LogP contribution in [0.1, 0.15) is 22.7 Å². The zero-order valence-corrected chi connectivity index (χ0v) is 17.9. The number of benzene rings is 3. The molecule has 9 heteroatoms. The summed E-state index contributed by atoms with van der Waals surface area (Å²) < 4.78 is 39.2. The molecule has 0 aromatic heterocycles. The summed E-state index contributed by atoms with van der Waals surface area (Å²) in [5.74, 6) is 1.02. The number of rotatable bonds is 7. The smallest absolute Gasteiger partial charge is 0.269 e. The second kappa shape index (κ2) is 8.81. The zero-order valence-electron chi connectivity index (χ0n) is 17.1. The summed E-state index contributed by atoms with van der Waals surface area (Å²) in [6, 6.07) is 18.4. The lowest BCUT2D eigenvalue weighted by Crippen LogP contribution is -2.32. The summed E-state index contributed by atoms with van der Waals surface area (Å²) in [7, 11) is -4.04. The van der Waals surface area contributed by atoms with Crippen LogP contribution in [0.15, 0.2) is 83.4 Å². The third-order valence-corrected chi connectivity index (χ3v) is 6.39. The van der Waals surface area contributed by atoms with E-state index in [0.29, 0.717) is 22.6 Å². The zero-order chi connectivity index (χ0) is 22.7. The summed E-state index contributed by atoms with van der Waals surface area (Å²) in [6.07, 6.45) is 1.33. The maximum atomic E-state index is 13.1. The number of aryl methyl sites for hydroxylation is 1. The molecule has 1 heterocycles. The molecule has 1 unspecified atom stereocenters. The van der Waals surface area contributed by atoms with Crippen molar-refractivity contribution in [1.29, 1.82) is 0 Å². The number of ether oxygens (including phenoxy) is 2. The molecular formula is C23H20N2O6S. The van der Waals surface area contributed by atoms with Gasteiger partial charge in [-0.05, 0) is 42.3 Å². The highest BCUT2D eigenvalue weighted by molar-refractivity contribution is 7.89. The first-order valence-electron chi connectivity index (χ1n) is 9.73. The molecule has 1 aliphatic rings. The third-order valence-electron chi connectivity index (χ3n) is 4.95. The molecule has 4 rings (SSSR count). The van der Waals surface area contributed by atoms with E-state index in [9.17, 15) is 18.5 Å². The molecule has 3 aromatic rings. The monoisotopic (exact) mass is 452 g/mol. The maximum Gasteiger partial charge on any atom is 0.269 e. The van der Waals surface area contributed by atoms with Gasteiger partial charge in [-0.2, -0.15) is 4.72 Å². The Morgan fingerprint density at radius 1 is 1.03 bits per heavy atom. The fraction of sp³-hybridized carbons (Fsp3) is 0.130. The Labute approximate surface area is 185 Å². The van der Waals surface area contributed by atoms with E-state index in [1.165, 1.54) is 18.2 Å². The van der Waals surface area contributed by atoms with Crippen molar-refractivity contribution in [2.24, 2.45) is 0 Å². The largest absolute Gasteiger partial charge is 0.454 e. The third kappa shape index (κ3) is 4.63. The van der Waals surface area contributed by atoms with E-state index in [2.05, 4.69) is 4.72 Å². The number of sulfonamides is 1. The van der Waals surface area contributed by atoms with Crippen LogP contribution in [0, 0.1) is 17.0 Å². The average Bonchev–Trinajstić information content (AvgIpc) is 3.25. The first-order chi connectivity index (χ1) is 15.3. The standard InChI is InChI=1S/C23H20N2O6S/c1-16-7-10-19(11-8-16)32(28,29)24-23(18-5-3-2-4-6-18)20(25(26)27)13-17-9-12-21-22(14-17)31-15-30-21/h2-14,23-24H,15H2,1H3/b20-13-. The minimum atomic E-state index is -4.04. The topological polar surface area (TPSA) is 108 Å². The molecule has 3 aromatic carbocycles. The Balaban J connectivity index is 1.77. The fourth-order valence-electron chi connectivity index (χ4n) is 3.30. The highest BCUT2D eigenvalue weighted by Gasteiger charge is 2.32. The van der Waals surface area contributed by atoms with Crippen LogP contribution in [-0.4, -0.2) is 20.1 Å². The van der Waals surface area contributed by atoms with Gasteiger partial charge in [0, 0.05) is 6.08 Å². The lowest BCUT2D eigenvalue weighted by Gasteiger charge is -2.17. The number of hydrogen-bond donors (Lipinski definition) is 1. The number of nitrogens with zero attached hydrogens (tertiary/aromatic N) is 1. The molecule has 0 amide bonds. The normalized spacial score (nSPS) is 14.2. The van der Waals surface area contributed by atoms with E-state index in [1.807, 2.05) is 6.92 Å². The Morgan fingerprint density at radius 2 is 1.72 bits per heavy atom. The van der Waals surface area contributed by atoms with Crippen molar-refractivity contribution in [2.45, 2.75) is 17.9 Å². The van der Waals surface area contributed by atoms with Crippen LogP contribution >= 0.6 is 0 Å². The minimum absolute atomic E-state index is 0.0230. The quantitative estimate of drug-likeness (QED) is 0.428. The van der Waals surface area contributed by atoms with Crippen molar-refractivity contribution in [3.8, 4) is 11.5 Å². The van der Waals surface area contributed by atoms with Crippen molar-refractivity contribution in [1.82, 2.24) is 4.72 Å². The summed E-state index contributed by atoms with van der Waals surface area (Å²) in [4.78, 5) is 11.5. The second-order valence-corrected chi connectivity index (χ2v) is 8.93. The van der Waals surface area contributed by atoms with Crippen LogP contribution in [0.2, 0.25) is 0 Å². The van der Waals surface area contributed by atoms with Crippen LogP contribution < -0.4 is 14.2 Å². The number of fused-ring (bicyclic) bond motifs is 1.